The number of hydrogen-bond acceptors (Lipinski definition) is 3. The number of aromatic hydroxyl groups is 1. The minimum absolute atomic E-state index is 0.0184. The fraction of sp³-hybridized carbons (Fsp3) is 0.125. The highest BCUT2D eigenvalue weighted by atomic mass is 19.1. The summed E-state index contributed by atoms with van der Waals surface area (Å²) in [5.74, 6) is -0.797. The molecule has 5 heteroatoms. The summed E-state index contributed by atoms with van der Waals surface area (Å²) < 4.78 is 13.6. The van der Waals surface area contributed by atoms with Crippen LogP contribution >= 0.6 is 0 Å². The molecule has 0 aliphatic rings. The van der Waals surface area contributed by atoms with Gasteiger partial charge in [0.15, 0.2) is 0 Å². The Labute approximate surface area is 121 Å². The zero-order valence-electron chi connectivity index (χ0n) is 11.1. The summed E-state index contributed by atoms with van der Waals surface area (Å²) in [5.41, 5.74) is 1.05. The van der Waals surface area contributed by atoms with Crippen LogP contribution in [-0.2, 0) is 17.8 Å². The van der Waals surface area contributed by atoms with Crippen LogP contribution in [0.1, 0.15) is 16.7 Å². The number of benzene rings is 2. The molecule has 2 aromatic rings. The van der Waals surface area contributed by atoms with E-state index in [-0.39, 0.29) is 30.2 Å². The molecule has 2 rings (SSSR count). The van der Waals surface area contributed by atoms with Gasteiger partial charge in [0.2, 0.25) is 5.91 Å². The number of carbonyl (C=O) groups is 1. The van der Waals surface area contributed by atoms with E-state index in [0.717, 1.165) is 6.07 Å². The van der Waals surface area contributed by atoms with Crippen molar-refractivity contribution in [3.8, 4) is 11.8 Å². The fourth-order valence-electron chi connectivity index (χ4n) is 1.85. The Morgan fingerprint density at radius 1 is 1.24 bits per heavy atom. The number of hydrogen-bond donors (Lipinski definition) is 2. The third-order valence-electron chi connectivity index (χ3n) is 3.00. The number of nitriles is 1. The third kappa shape index (κ3) is 3.80. The summed E-state index contributed by atoms with van der Waals surface area (Å²) in [6, 6.07) is 12.5. The number of amides is 1. The number of phenols is 1. The summed E-state index contributed by atoms with van der Waals surface area (Å²) in [6.45, 7) is 0.0317. The Bertz CT molecular complexity index is 708. The molecule has 0 bridgehead atoms. The molecule has 106 valence electrons. The van der Waals surface area contributed by atoms with E-state index in [0.29, 0.717) is 11.1 Å². The van der Waals surface area contributed by atoms with Crippen molar-refractivity contribution in [1.29, 1.82) is 5.26 Å². The van der Waals surface area contributed by atoms with E-state index in [2.05, 4.69) is 5.32 Å². The topological polar surface area (TPSA) is 73.1 Å². The van der Waals surface area contributed by atoms with Gasteiger partial charge in [-0.3, -0.25) is 4.79 Å². The van der Waals surface area contributed by atoms with E-state index in [1.165, 1.54) is 18.2 Å². The van der Waals surface area contributed by atoms with Gasteiger partial charge < -0.3 is 10.4 Å². The van der Waals surface area contributed by atoms with Gasteiger partial charge in [-0.05, 0) is 18.2 Å². The van der Waals surface area contributed by atoms with Crippen molar-refractivity contribution in [2.75, 3.05) is 0 Å². The largest absolute Gasteiger partial charge is 0.508 e. The quantitative estimate of drug-likeness (QED) is 0.904. The lowest BCUT2D eigenvalue weighted by atomic mass is 10.1. The SMILES string of the molecule is N#Cc1ccc(CNC(=O)Cc2ccccc2O)c(F)c1. The molecule has 0 unspecified atom stereocenters. The highest BCUT2D eigenvalue weighted by Crippen LogP contribution is 2.16. The Morgan fingerprint density at radius 3 is 2.67 bits per heavy atom. The van der Waals surface area contributed by atoms with Crippen molar-refractivity contribution in [3.63, 3.8) is 0 Å². The summed E-state index contributed by atoms with van der Waals surface area (Å²) in [5, 5.41) is 20.8. The second-order valence-electron chi connectivity index (χ2n) is 4.50. The molecular weight excluding hydrogens is 271 g/mol. The first-order valence-corrected chi connectivity index (χ1v) is 6.32. The molecule has 2 N–H and O–H groups in total. The zero-order chi connectivity index (χ0) is 15.2. The van der Waals surface area contributed by atoms with Crippen LogP contribution in [0.5, 0.6) is 5.75 Å². The number of nitrogens with zero attached hydrogens (tertiary/aromatic N) is 1. The molecule has 2 aromatic carbocycles. The van der Waals surface area contributed by atoms with Gasteiger partial charge in [-0.15, -0.1) is 0 Å². The van der Waals surface area contributed by atoms with Gasteiger partial charge in [-0.1, -0.05) is 24.3 Å². The Hall–Kier alpha value is -2.87. The number of phenolic OH excluding ortho intramolecular Hbond substituents is 1. The minimum Gasteiger partial charge on any atom is -0.508 e. The number of nitrogens with one attached hydrogen (secondary N) is 1. The Balaban J connectivity index is 1.96. The summed E-state index contributed by atoms with van der Waals surface area (Å²) >= 11 is 0. The number of carbonyl (C=O) groups excluding carboxylic acids is 1. The van der Waals surface area contributed by atoms with Crippen LogP contribution in [0.2, 0.25) is 0 Å². The second kappa shape index (κ2) is 6.53. The Morgan fingerprint density at radius 2 is 2.00 bits per heavy atom. The molecule has 0 aliphatic carbocycles. The van der Waals surface area contributed by atoms with E-state index in [1.807, 2.05) is 6.07 Å². The van der Waals surface area contributed by atoms with Crippen LogP contribution in [-0.4, -0.2) is 11.0 Å². The molecular formula is C16H13FN2O2. The second-order valence-corrected chi connectivity index (χ2v) is 4.50. The van der Waals surface area contributed by atoms with Crippen LogP contribution < -0.4 is 5.32 Å². The standard InChI is InChI=1S/C16H13FN2O2/c17-14-7-11(9-18)5-6-13(14)10-19-16(21)8-12-3-1-2-4-15(12)20/h1-7,20H,8,10H2,(H,19,21). The molecule has 0 atom stereocenters. The molecule has 0 aliphatic heterocycles. The number of rotatable bonds is 4. The maximum Gasteiger partial charge on any atom is 0.224 e. The molecule has 0 saturated carbocycles. The maximum atomic E-state index is 13.6. The van der Waals surface area contributed by atoms with E-state index in [4.69, 9.17) is 5.26 Å². The molecule has 4 nitrogen and oxygen atoms in total. The predicted molar refractivity (Wildman–Crippen MR) is 74.8 cm³/mol. The van der Waals surface area contributed by atoms with E-state index in [9.17, 15) is 14.3 Å². The van der Waals surface area contributed by atoms with Gasteiger partial charge in [0.25, 0.3) is 0 Å². The average Bonchev–Trinajstić information content (AvgIpc) is 2.48. The maximum absolute atomic E-state index is 13.6. The fourth-order valence-corrected chi connectivity index (χ4v) is 1.85. The number of halogens is 1. The number of para-hydroxylation sites is 1. The molecule has 0 fully saturated rings. The molecule has 0 spiro atoms. The van der Waals surface area contributed by atoms with Crippen LogP contribution in [0.3, 0.4) is 0 Å². The van der Waals surface area contributed by atoms with E-state index >= 15 is 0 Å². The summed E-state index contributed by atoms with van der Waals surface area (Å²) in [4.78, 5) is 11.8. The first kappa shape index (κ1) is 14.5. The first-order chi connectivity index (χ1) is 10.1. The molecule has 0 saturated heterocycles. The molecule has 21 heavy (non-hydrogen) atoms. The van der Waals surface area contributed by atoms with Gasteiger partial charge in [-0.2, -0.15) is 5.26 Å². The lowest BCUT2D eigenvalue weighted by Crippen LogP contribution is -2.25. The van der Waals surface area contributed by atoms with Gasteiger partial charge in [-0.25, -0.2) is 4.39 Å². The van der Waals surface area contributed by atoms with Crippen LogP contribution in [0, 0.1) is 17.1 Å². The normalized spacial score (nSPS) is 9.90. The summed E-state index contributed by atoms with van der Waals surface area (Å²) in [7, 11) is 0. The zero-order valence-corrected chi connectivity index (χ0v) is 11.1. The van der Waals surface area contributed by atoms with Gasteiger partial charge in [0.1, 0.15) is 11.6 Å². The Kier molecular flexibility index (Phi) is 4.52. The van der Waals surface area contributed by atoms with Crippen LogP contribution in [0.15, 0.2) is 42.5 Å². The van der Waals surface area contributed by atoms with Crippen molar-refractivity contribution < 1.29 is 14.3 Å². The van der Waals surface area contributed by atoms with Crippen molar-refractivity contribution in [3.05, 3.63) is 65.0 Å². The van der Waals surface area contributed by atoms with Crippen molar-refractivity contribution >= 4 is 5.91 Å². The first-order valence-electron chi connectivity index (χ1n) is 6.32. The summed E-state index contributed by atoms with van der Waals surface area (Å²) in [6.07, 6.45) is 0.0184. The average molecular weight is 284 g/mol. The van der Waals surface area contributed by atoms with E-state index < -0.39 is 5.82 Å². The minimum atomic E-state index is -0.531. The molecule has 0 radical (unpaired) electrons. The van der Waals surface area contributed by atoms with Gasteiger partial charge >= 0.3 is 0 Å². The van der Waals surface area contributed by atoms with Crippen LogP contribution in [0.25, 0.3) is 0 Å². The highest BCUT2D eigenvalue weighted by molar-refractivity contribution is 5.79. The van der Waals surface area contributed by atoms with Crippen molar-refractivity contribution in [2.45, 2.75) is 13.0 Å². The van der Waals surface area contributed by atoms with Crippen molar-refractivity contribution in [1.82, 2.24) is 5.32 Å². The molecule has 0 aromatic heterocycles. The van der Waals surface area contributed by atoms with E-state index in [1.54, 1.807) is 18.2 Å². The molecule has 0 heterocycles. The van der Waals surface area contributed by atoms with Gasteiger partial charge in [0.05, 0.1) is 18.1 Å². The van der Waals surface area contributed by atoms with Crippen LogP contribution in [0.4, 0.5) is 4.39 Å². The van der Waals surface area contributed by atoms with Crippen molar-refractivity contribution in [2.24, 2.45) is 0 Å². The van der Waals surface area contributed by atoms with Gasteiger partial charge in [0, 0.05) is 17.7 Å². The lowest BCUT2D eigenvalue weighted by Gasteiger charge is -2.07. The molecule has 1 amide bonds. The third-order valence-corrected chi connectivity index (χ3v) is 3.00. The lowest BCUT2D eigenvalue weighted by molar-refractivity contribution is -0.120. The highest BCUT2D eigenvalue weighted by Gasteiger charge is 2.09. The monoisotopic (exact) mass is 284 g/mol. The smallest absolute Gasteiger partial charge is 0.224 e. The predicted octanol–water partition coefficient (Wildman–Crippen LogP) is 2.26.